The number of benzene rings is 1. The Labute approximate surface area is 129 Å². The van der Waals surface area contributed by atoms with Crippen molar-refractivity contribution >= 4 is 18.9 Å². The van der Waals surface area contributed by atoms with Gasteiger partial charge in [-0.3, -0.25) is 4.79 Å². The van der Waals surface area contributed by atoms with E-state index in [1.165, 1.54) is 19.3 Å². The van der Waals surface area contributed by atoms with Gasteiger partial charge in [0.25, 0.3) is 0 Å². The molecule has 116 valence electrons. The van der Waals surface area contributed by atoms with E-state index in [1.807, 2.05) is 18.2 Å². The van der Waals surface area contributed by atoms with Crippen molar-refractivity contribution < 1.29 is 14.1 Å². The van der Waals surface area contributed by atoms with Gasteiger partial charge in [-0.15, -0.1) is 0 Å². The Morgan fingerprint density at radius 1 is 0.952 bits per heavy atom. The summed E-state index contributed by atoms with van der Waals surface area (Å²) >= 11 is 0. The van der Waals surface area contributed by atoms with Crippen molar-refractivity contribution in [2.75, 3.05) is 13.2 Å². The minimum atomic E-state index is -0.431. The predicted octanol–water partition coefficient (Wildman–Crippen LogP) is 3.61. The summed E-state index contributed by atoms with van der Waals surface area (Å²) in [5.41, 5.74) is 1.48. The summed E-state index contributed by atoms with van der Waals surface area (Å²) in [6, 6.07) is 7.49. The van der Waals surface area contributed by atoms with Gasteiger partial charge in [-0.1, -0.05) is 63.8 Å². The van der Waals surface area contributed by atoms with Crippen LogP contribution in [0.3, 0.4) is 0 Å². The second-order valence-electron chi connectivity index (χ2n) is 5.23. The molecule has 0 atom stereocenters. The van der Waals surface area contributed by atoms with Crippen LogP contribution < -0.4 is 5.46 Å². The largest absolute Gasteiger partial charge is 0.494 e. The van der Waals surface area contributed by atoms with Crippen molar-refractivity contribution in [3.8, 4) is 0 Å². The minimum Gasteiger partial charge on any atom is -0.407 e. The summed E-state index contributed by atoms with van der Waals surface area (Å²) in [4.78, 5) is 11.2. The van der Waals surface area contributed by atoms with Crippen LogP contribution >= 0.6 is 0 Å². The van der Waals surface area contributed by atoms with Crippen LogP contribution in [-0.4, -0.2) is 26.6 Å². The van der Waals surface area contributed by atoms with Gasteiger partial charge in [0.1, 0.15) is 6.29 Å². The van der Waals surface area contributed by atoms with Crippen LogP contribution in [0.2, 0.25) is 0 Å². The lowest BCUT2D eigenvalue weighted by atomic mass is 9.76. The molecule has 0 heterocycles. The van der Waals surface area contributed by atoms with E-state index in [0.29, 0.717) is 18.8 Å². The maximum Gasteiger partial charge on any atom is 0.494 e. The van der Waals surface area contributed by atoms with Crippen molar-refractivity contribution in [1.82, 2.24) is 0 Å². The van der Waals surface area contributed by atoms with Gasteiger partial charge < -0.3 is 9.31 Å². The van der Waals surface area contributed by atoms with Crippen LogP contribution in [0.4, 0.5) is 0 Å². The first kappa shape index (κ1) is 17.9. The van der Waals surface area contributed by atoms with E-state index in [4.69, 9.17) is 9.31 Å². The molecule has 21 heavy (non-hydrogen) atoms. The Balaban J connectivity index is 2.60. The van der Waals surface area contributed by atoms with Crippen molar-refractivity contribution in [2.24, 2.45) is 0 Å². The molecular formula is C17H27BO3. The maximum atomic E-state index is 11.2. The summed E-state index contributed by atoms with van der Waals surface area (Å²) in [5, 5.41) is 0. The summed E-state index contributed by atoms with van der Waals surface area (Å²) < 4.78 is 11.7. The van der Waals surface area contributed by atoms with Gasteiger partial charge in [-0.25, -0.2) is 0 Å². The summed E-state index contributed by atoms with van der Waals surface area (Å²) in [5.74, 6) is 0. The average molecular weight is 290 g/mol. The van der Waals surface area contributed by atoms with Gasteiger partial charge in [0.2, 0.25) is 0 Å². The lowest BCUT2D eigenvalue weighted by Crippen LogP contribution is -2.39. The number of carbonyl (C=O) groups is 1. The number of hydrogen-bond donors (Lipinski definition) is 0. The third-order valence-electron chi connectivity index (χ3n) is 3.41. The molecule has 0 aliphatic carbocycles. The topological polar surface area (TPSA) is 35.5 Å². The molecule has 0 fully saturated rings. The molecule has 0 radical (unpaired) electrons. The van der Waals surface area contributed by atoms with Crippen molar-refractivity contribution in [3.63, 3.8) is 0 Å². The number of unbranched alkanes of at least 4 members (excludes halogenated alkanes) is 4. The van der Waals surface area contributed by atoms with Gasteiger partial charge in [-0.05, 0) is 18.3 Å². The van der Waals surface area contributed by atoms with Crippen molar-refractivity contribution in [2.45, 2.75) is 52.4 Å². The molecule has 1 aromatic carbocycles. The molecule has 0 spiro atoms. The molecule has 1 aromatic rings. The Morgan fingerprint density at radius 3 is 2.29 bits per heavy atom. The van der Waals surface area contributed by atoms with Gasteiger partial charge in [0.15, 0.2) is 0 Å². The Morgan fingerprint density at radius 2 is 1.62 bits per heavy atom. The first-order chi connectivity index (χ1) is 10.3. The summed E-state index contributed by atoms with van der Waals surface area (Å²) in [6.07, 6.45) is 7.60. The van der Waals surface area contributed by atoms with Gasteiger partial charge in [0, 0.05) is 18.8 Å². The molecule has 0 saturated heterocycles. The van der Waals surface area contributed by atoms with Crippen LogP contribution in [0.5, 0.6) is 0 Å². The van der Waals surface area contributed by atoms with E-state index in [9.17, 15) is 4.79 Å². The maximum absolute atomic E-state index is 11.2. The van der Waals surface area contributed by atoms with E-state index in [0.717, 1.165) is 31.0 Å². The van der Waals surface area contributed by atoms with Crippen LogP contribution in [-0.2, 0) is 9.31 Å². The fraction of sp³-hybridized carbons (Fsp3) is 0.588. The molecule has 0 unspecified atom stereocenters. The zero-order chi connectivity index (χ0) is 15.3. The van der Waals surface area contributed by atoms with Crippen LogP contribution in [0.1, 0.15) is 62.7 Å². The number of carbonyl (C=O) groups excluding carboxylic acids is 1. The lowest BCUT2D eigenvalue weighted by Gasteiger charge is -2.16. The van der Waals surface area contributed by atoms with Gasteiger partial charge >= 0.3 is 7.12 Å². The fourth-order valence-electron chi connectivity index (χ4n) is 2.11. The highest BCUT2D eigenvalue weighted by Gasteiger charge is 2.23. The standard InChI is InChI=1S/C17H27BO3/c1-3-5-7-10-14-21-18(20-13-6-4-2)17-12-9-8-11-16(17)15-19/h8-9,11-12,15H,3-7,10,13-14H2,1-2H3. The Bertz CT molecular complexity index is 395. The fourth-order valence-corrected chi connectivity index (χ4v) is 2.11. The first-order valence-corrected chi connectivity index (χ1v) is 8.10. The third kappa shape index (κ3) is 6.92. The van der Waals surface area contributed by atoms with E-state index < -0.39 is 7.12 Å². The number of rotatable bonds is 12. The lowest BCUT2D eigenvalue weighted by molar-refractivity contribution is 0.112. The highest BCUT2D eigenvalue weighted by molar-refractivity contribution is 6.62. The van der Waals surface area contributed by atoms with E-state index in [-0.39, 0.29) is 0 Å². The molecule has 0 bridgehead atoms. The predicted molar refractivity (Wildman–Crippen MR) is 88.2 cm³/mol. The molecule has 3 nitrogen and oxygen atoms in total. The van der Waals surface area contributed by atoms with Crippen molar-refractivity contribution in [3.05, 3.63) is 29.8 Å². The molecule has 0 aromatic heterocycles. The Hall–Kier alpha value is -1.13. The van der Waals surface area contributed by atoms with E-state index >= 15 is 0 Å². The number of hydrogen-bond acceptors (Lipinski definition) is 3. The van der Waals surface area contributed by atoms with Gasteiger partial charge in [-0.2, -0.15) is 0 Å². The molecule has 1 rings (SSSR count). The molecule has 0 amide bonds. The molecule has 0 aliphatic heterocycles. The zero-order valence-electron chi connectivity index (χ0n) is 13.3. The van der Waals surface area contributed by atoms with Gasteiger partial charge in [0.05, 0.1) is 0 Å². The van der Waals surface area contributed by atoms with Crippen LogP contribution in [0.25, 0.3) is 0 Å². The second kappa shape index (κ2) is 11.5. The highest BCUT2D eigenvalue weighted by atomic mass is 16.6. The highest BCUT2D eigenvalue weighted by Crippen LogP contribution is 2.04. The second-order valence-corrected chi connectivity index (χ2v) is 5.23. The van der Waals surface area contributed by atoms with Crippen molar-refractivity contribution in [1.29, 1.82) is 0 Å². The molecule has 0 saturated carbocycles. The summed E-state index contributed by atoms with van der Waals surface area (Å²) in [7, 11) is -0.431. The van der Waals surface area contributed by atoms with Crippen LogP contribution in [0, 0.1) is 0 Å². The molecule has 4 heteroatoms. The smallest absolute Gasteiger partial charge is 0.407 e. The monoisotopic (exact) mass is 290 g/mol. The van der Waals surface area contributed by atoms with E-state index in [2.05, 4.69) is 13.8 Å². The SMILES string of the molecule is CCCCCCOB(OCCCC)c1ccccc1C=O. The molecule has 0 aliphatic rings. The quantitative estimate of drug-likeness (QED) is 0.335. The van der Waals surface area contributed by atoms with E-state index in [1.54, 1.807) is 6.07 Å². The summed E-state index contributed by atoms with van der Waals surface area (Å²) in [6.45, 7) is 5.65. The first-order valence-electron chi connectivity index (χ1n) is 8.10. The normalized spacial score (nSPS) is 10.6. The Kier molecular flexibility index (Phi) is 9.84. The number of aldehydes is 1. The minimum absolute atomic E-state index is 0.431. The molecule has 0 N–H and O–H groups in total. The third-order valence-corrected chi connectivity index (χ3v) is 3.41. The van der Waals surface area contributed by atoms with Crippen LogP contribution in [0.15, 0.2) is 24.3 Å². The zero-order valence-corrected chi connectivity index (χ0v) is 13.3. The average Bonchev–Trinajstić information content (AvgIpc) is 2.53. The molecular weight excluding hydrogens is 263 g/mol.